The molecule has 0 aliphatic rings. The number of nitrogens with zero attached hydrogens (tertiary/aromatic N) is 2. The van der Waals surface area contributed by atoms with Crippen molar-refractivity contribution in [3.63, 3.8) is 0 Å². The molecule has 1 atom stereocenters. The van der Waals surface area contributed by atoms with Crippen LogP contribution in [0.1, 0.15) is 46.6 Å². The van der Waals surface area contributed by atoms with Crippen molar-refractivity contribution in [2.45, 2.75) is 64.1 Å². The van der Waals surface area contributed by atoms with E-state index in [0.717, 1.165) is 4.31 Å². The Morgan fingerprint density at radius 2 is 1.53 bits per heavy atom. The third-order valence-corrected chi connectivity index (χ3v) is 8.58. The highest BCUT2D eigenvalue weighted by Crippen LogP contribution is 2.33. The minimum Gasteiger partial charge on any atom is -0.494 e. The van der Waals surface area contributed by atoms with Crippen molar-refractivity contribution >= 4 is 27.5 Å². The third kappa shape index (κ3) is 9.10. The molecule has 12 heteroatoms. The SMILES string of the molecule is CCOc1ccc(N(CC(=O)N(Cc2ccc(F)cc2)[C@@H](CC)C(=O)NC(C)(C)C)S(=O)(=O)c2ccc(OC)c(OC)c2)cc1. The van der Waals surface area contributed by atoms with Gasteiger partial charge in [-0.2, -0.15) is 0 Å². The molecule has 45 heavy (non-hydrogen) atoms. The minimum absolute atomic E-state index is 0.0529. The number of nitrogens with one attached hydrogen (secondary N) is 1. The van der Waals surface area contributed by atoms with Gasteiger partial charge in [0.1, 0.15) is 24.2 Å². The van der Waals surface area contributed by atoms with E-state index in [1.54, 1.807) is 31.2 Å². The Kier molecular flexibility index (Phi) is 11.8. The molecule has 0 spiro atoms. The lowest BCUT2D eigenvalue weighted by molar-refractivity contribution is -0.141. The van der Waals surface area contributed by atoms with Crippen LogP contribution in [0.3, 0.4) is 0 Å². The lowest BCUT2D eigenvalue weighted by atomic mass is 10.1. The smallest absolute Gasteiger partial charge is 0.264 e. The van der Waals surface area contributed by atoms with Gasteiger partial charge in [-0.05, 0) is 88.2 Å². The standard InChI is InChI=1S/C33H42FN3O7S/c1-8-28(32(39)35-33(3,4)5)36(21-23-10-12-24(34)13-11-23)31(38)22-37(25-14-16-26(17-15-25)44-9-2)45(40,41)27-18-19-29(42-6)30(20-27)43-7/h10-20,28H,8-9,21-22H2,1-7H3,(H,35,39)/t28-/m0/s1. The van der Waals surface area contributed by atoms with E-state index in [1.165, 1.54) is 61.6 Å². The predicted octanol–water partition coefficient (Wildman–Crippen LogP) is 5.16. The topological polar surface area (TPSA) is 114 Å². The maximum atomic E-state index is 14.2. The fraction of sp³-hybridized carbons (Fsp3) is 0.394. The average molecular weight is 644 g/mol. The molecule has 0 unspecified atom stereocenters. The van der Waals surface area contributed by atoms with Crippen LogP contribution in [0, 0.1) is 5.82 Å². The molecule has 1 N–H and O–H groups in total. The first-order valence-corrected chi connectivity index (χ1v) is 16.0. The van der Waals surface area contributed by atoms with E-state index in [1.807, 2.05) is 27.7 Å². The fourth-order valence-electron chi connectivity index (χ4n) is 4.67. The summed E-state index contributed by atoms with van der Waals surface area (Å²) in [6, 6.07) is 15.1. The van der Waals surface area contributed by atoms with Crippen molar-refractivity contribution in [1.82, 2.24) is 10.2 Å². The normalized spacial score (nSPS) is 12.2. The van der Waals surface area contributed by atoms with Crippen LogP contribution in [-0.4, -0.2) is 64.1 Å². The second kappa shape index (κ2) is 15.1. The number of amides is 2. The monoisotopic (exact) mass is 643 g/mol. The molecular weight excluding hydrogens is 601 g/mol. The van der Waals surface area contributed by atoms with Crippen molar-refractivity contribution in [2.75, 3.05) is 31.7 Å². The van der Waals surface area contributed by atoms with Crippen LogP contribution in [0.15, 0.2) is 71.6 Å². The van der Waals surface area contributed by atoms with Gasteiger partial charge in [-0.1, -0.05) is 19.1 Å². The molecule has 0 aromatic heterocycles. The second-order valence-electron chi connectivity index (χ2n) is 11.3. The average Bonchev–Trinajstić information content (AvgIpc) is 2.99. The van der Waals surface area contributed by atoms with Crippen molar-refractivity contribution < 1.29 is 36.6 Å². The number of hydrogen-bond acceptors (Lipinski definition) is 7. The summed E-state index contributed by atoms with van der Waals surface area (Å²) in [5.74, 6) is -0.416. The number of benzene rings is 3. The number of methoxy groups -OCH3 is 2. The summed E-state index contributed by atoms with van der Waals surface area (Å²) in [7, 11) is -1.54. The maximum absolute atomic E-state index is 14.2. The number of sulfonamides is 1. The van der Waals surface area contributed by atoms with Crippen LogP contribution < -0.4 is 23.8 Å². The molecule has 244 valence electrons. The van der Waals surface area contributed by atoms with Gasteiger partial charge in [0.15, 0.2) is 11.5 Å². The van der Waals surface area contributed by atoms with Crippen LogP contribution in [0.5, 0.6) is 17.2 Å². The van der Waals surface area contributed by atoms with E-state index in [4.69, 9.17) is 14.2 Å². The zero-order valence-electron chi connectivity index (χ0n) is 26.8. The summed E-state index contributed by atoms with van der Waals surface area (Å²) in [6.45, 7) is 8.80. The first-order chi connectivity index (χ1) is 21.2. The second-order valence-corrected chi connectivity index (χ2v) is 13.1. The van der Waals surface area contributed by atoms with Gasteiger partial charge in [0, 0.05) is 18.2 Å². The van der Waals surface area contributed by atoms with E-state index in [9.17, 15) is 22.4 Å². The number of ether oxygens (including phenoxy) is 3. The summed E-state index contributed by atoms with van der Waals surface area (Å²) < 4.78 is 59.3. The highest BCUT2D eigenvalue weighted by atomic mass is 32.2. The fourth-order valence-corrected chi connectivity index (χ4v) is 6.10. The lowest BCUT2D eigenvalue weighted by Crippen LogP contribution is -2.55. The van der Waals surface area contributed by atoms with Gasteiger partial charge in [-0.15, -0.1) is 0 Å². The molecule has 0 aliphatic carbocycles. The molecule has 10 nitrogen and oxygen atoms in total. The molecule has 3 aromatic carbocycles. The molecule has 3 aromatic rings. The Morgan fingerprint density at radius 1 is 0.911 bits per heavy atom. The number of rotatable bonds is 14. The van der Waals surface area contributed by atoms with Gasteiger partial charge in [0.25, 0.3) is 10.0 Å². The molecule has 0 fully saturated rings. The molecule has 0 saturated heterocycles. The van der Waals surface area contributed by atoms with Gasteiger partial charge in [-0.25, -0.2) is 12.8 Å². The summed E-state index contributed by atoms with van der Waals surface area (Å²) in [5.41, 5.74) is 0.192. The van der Waals surface area contributed by atoms with Crippen molar-refractivity contribution in [3.8, 4) is 17.2 Å². The largest absolute Gasteiger partial charge is 0.494 e. The van der Waals surface area contributed by atoms with E-state index in [0.29, 0.717) is 23.7 Å². The van der Waals surface area contributed by atoms with Crippen molar-refractivity contribution in [2.24, 2.45) is 0 Å². The number of carbonyl (C=O) groups is 2. The van der Waals surface area contributed by atoms with Crippen LogP contribution in [0.4, 0.5) is 10.1 Å². The highest BCUT2D eigenvalue weighted by molar-refractivity contribution is 7.92. The number of carbonyl (C=O) groups excluding carboxylic acids is 2. The van der Waals surface area contributed by atoms with E-state index < -0.39 is 45.8 Å². The molecule has 3 rings (SSSR count). The predicted molar refractivity (Wildman–Crippen MR) is 171 cm³/mol. The summed E-state index contributed by atoms with van der Waals surface area (Å²) >= 11 is 0. The lowest BCUT2D eigenvalue weighted by Gasteiger charge is -2.34. The van der Waals surface area contributed by atoms with Crippen LogP contribution in [-0.2, 0) is 26.2 Å². The molecule has 0 aliphatic heterocycles. The van der Waals surface area contributed by atoms with Gasteiger partial charge in [0.2, 0.25) is 11.8 Å². The zero-order valence-corrected chi connectivity index (χ0v) is 27.6. The Balaban J connectivity index is 2.12. The molecule has 2 amide bonds. The summed E-state index contributed by atoms with van der Waals surface area (Å²) in [5, 5.41) is 2.92. The van der Waals surface area contributed by atoms with E-state index in [2.05, 4.69) is 5.32 Å². The summed E-state index contributed by atoms with van der Waals surface area (Å²) in [6.07, 6.45) is 0.250. The van der Waals surface area contributed by atoms with Crippen molar-refractivity contribution in [3.05, 3.63) is 78.1 Å². The minimum atomic E-state index is -4.37. The third-order valence-electron chi connectivity index (χ3n) is 6.81. The van der Waals surface area contributed by atoms with Gasteiger partial charge >= 0.3 is 0 Å². The van der Waals surface area contributed by atoms with Crippen LogP contribution in [0.2, 0.25) is 0 Å². The van der Waals surface area contributed by atoms with E-state index >= 15 is 0 Å². The van der Waals surface area contributed by atoms with Gasteiger partial charge < -0.3 is 24.4 Å². The molecule has 0 bridgehead atoms. The van der Waals surface area contributed by atoms with Crippen LogP contribution in [0.25, 0.3) is 0 Å². The van der Waals surface area contributed by atoms with Gasteiger partial charge in [-0.3, -0.25) is 13.9 Å². The maximum Gasteiger partial charge on any atom is 0.264 e. The Morgan fingerprint density at radius 3 is 2.07 bits per heavy atom. The Bertz CT molecular complexity index is 1560. The van der Waals surface area contributed by atoms with Gasteiger partial charge in [0.05, 0.1) is 31.4 Å². The Hall–Kier alpha value is -4.32. The summed E-state index contributed by atoms with van der Waals surface area (Å²) in [4.78, 5) is 28.9. The Labute approximate surface area is 265 Å². The first kappa shape index (κ1) is 35.2. The number of hydrogen-bond donors (Lipinski definition) is 1. The zero-order chi connectivity index (χ0) is 33.4. The number of halogens is 1. The highest BCUT2D eigenvalue weighted by Gasteiger charge is 2.35. The quantitative estimate of drug-likeness (QED) is 0.258. The number of anilines is 1. The van der Waals surface area contributed by atoms with E-state index in [-0.39, 0.29) is 29.3 Å². The molecule has 0 saturated carbocycles. The molecule has 0 heterocycles. The first-order valence-electron chi connectivity index (χ1n) is 14.6. The molecular formula is C33H42FN3O7S. The van der Waals surface area contributed by atoms with Crippen LogP contribution >= 0.6 is 0 Å². The van der Waals surface area contributed by atoms with Crippen molar-refractivity contribution in [1.29, 1.82) is 0 Å². The molecule has 0 radical (unpaired) electrons.